The zero-order valence-corrected chi connectivity index (χ0v) is 15.5. The number of piperazine rings is 1. The van der Waals surface area contributed by atoms with Crippen molar-refractivity contribution >= 4 is 35.1 Å². The number of carbonyl (C=O) groups is 3. The van der Waals surface area contributed by atoms with Gasteiger partial charge < -0.3 is 20.9 Å². The Morgan fingerprint density at radius 2 is 2.19 bits per heavy atom. The van der Waals surface area contributed by atoms with Gasteiger partial charge in [-0.15, -0.1) is 0 Å². The van der Waals surface area contributed by atoms with Crippen LogP contribution in [-0.2, 0) is 9.59 Å². The lowest BCUT2D eigenvalue weighted by Crippen LogP contribution is -2.62. The van der Waals surface area contributed by atoms with E-state index in [1.54, 1.807) is 29.2 Å². The van der Waals surface area contributed by atoms with E-state index in [1.165, 1.54) is 0 Å². The Balaban J connectivity index is 1.61. The highest BCUT2D eigenvalue weighted by atomic mass is 35.5. The van der Waals surface area contributed by atoms with E-state index in [2.05, 4.69) is 16.0 Å². The summed E-state index contributed by atoms with van der Waals surface area (Å²) in [5.41, 5.74) is 0.580. The number of hydrogen-bond acceptors (Lipinski definition) is 3. The number of rotatable bonds is 4. The van der Waals surface area contributed by atoms with Gasteiger partial charge in [0.2, 0.25) is 11.8 Å². The summed E-state index contributed by atoms with van der Waals surface area (Å²) in [6.45, 7) is 4.28. The van der Waals surface area contributed by atoms with E-state index >= 15 is 0 Å². The fourth-order valence-corrected chi connectivity index (χ4v) is 3.65. The van der Waals surface area contributed by atoms with Crippen LogP contribution in [0, 0.1) is 5.92 Å². The van der Waals surface area contributed by atoms with Crippen molar-refractivity contribution in [2.45, 2.75) is 44.8 Å². The number of anilines is 1. The summed E-state index contributed by atoms with van der Waals surface area (Å²) in [5.74, 6) is -0.136. The third-order valence-corrected chi connectivity index (χ3v) is 5.32. The molecule has 2 aliphatic heterocycles. The molecule has 7 nitrogen and oxygen atoms in total. The molecule has 4 atom stereocenters. The minimum atomic E-state index is -0.515. The Kier molecular flexibility index (Phi) is 5.36. The van der Waals surface area contributed by atoms with Crippen molar-refractivity contribution in [2.75, 3.05) is 11.9 Å². The minimum absolute atomic E-state index is 0.0662. The summed E-state index contributed by atoms with van der Waals surface area (Å²) >= 11 is 5.90. The van der Waals surface area contributed by atoms with Crippen molar-refractivity contribution < 1.29 is 14.4 Å². The maximum Gasteiger partial charge on any atom is 0.319 e. The third-order valence-electron chi connectivity index (χ3n) is 5.08. The van der Waals surface area contributed by atoms with Crippen molar-refractivity contribution in [2.24, 2.45) is 5.92 Å². The van der Waals surface area contributed by atoms with Crippen LogP contribution in [-0.4, -0.2) is 47.4 Å². The lowest BCUT2D eigenvalue weighted by atomic mass is 9.95. The van der Waals surface area contributed by atoms with E-state index in [9.17, 15) is 14.4 Å². The van der Waals surface area contributed by atoms with E-state index in [0.717, 1.165) is 6.42 Å². The quantitative estimate of drug-likeness (QED) is 0.748. The van der Waals surface area contributed by atoms with Crippen LogP contribution in [0.5, 0.6) is 0 Å². The first-order valence-corrected chi connectivity index (χ1v) is 9.20. The van der Waals surface area contributed by atoms with Gasteiger partial charge in [-0.05, 0) is 30.5 Å². The van der Waals surface area contributed by atoms with E-state index in [1.807, 2.05) is 13.8 Å². The van der Waals surface area contributed by atoms with Crippen LogP contribution >= 0.6 is 11.6 Å². The molecular formula is C18H23ClN4O3. The second-order valence-corrected chi connectivity index (χ2v) is 7.36. The molecule has 140 valence electrons. The molecule has 2 heterocycles. The van der Waals surface area contributed by atoms with Gasteiger partial charge in [0.15, 0.2) is 0 Å². The van der Waals surface area contributed by atoms with Gasteiger partial charge in [0.25, 0.3) is 0 Å². The van der Waals surface area contributed by atoms with Crippen molar-refractivity contribution in [3.63, 3.8) is 0 Å². The Morgan fingerprint density at radius 3 is 2.88 bits per heavy atom. The molecule has 2 aliphatic rings. The molecule has 3 N–H and O–H groups in total. The average molecular weight is 379 g/mol. The molecule has 3 rings (SSSR count). The van der Waals surface area contributed by atoms with Gasteiger partial charge in [-0.25, -0.2) is 4.79 Å². The highest BCUT2D eigenvalue weighted by Crippen LogP contribution is 2.26. The molecule has 0 aliphatic carbocycles. The molecule has 1 aromatic rings. The van der Waals surface area contributed by atoms with Crippen LogP contribution in [0.1, 0.15) is 26.7 Å². The fraction of sp³-hybridized carbons (Fsp3) is 0.500. The molecule has 2 fully saturated rings. The molecule has 0 radical (unpaired) electrons. The molecule has 0 bridgehead atoms. The van der Waals surface area contributed by atoms with E-state index < -0.39 is 12.1 Å². The van der Waals surface area contributed by atoms with Gasteiger partial charge in [-0.2, -0.15) is 0 Å². The third kappa shape index (κ3) is 3.77. The lowest BCUT2D eigenvalue weighted by Gasteiger charge is -2.36. The van der Waals surface area contributed by atoms with Gasteiger partial charge in [0.1, 0.15) is 12.1 Å². The number of hydrogen-bond donors (Lipinski definition) is 3. The van der Waals surface area contributed by atoms with Crippen LogP contribution in [0.25, 0.3) is 0 Å². The molecule has 1 aromatic carbocycles. The number of benzene rings is 1. The number of nitrogens with one attached hydrogen (secondary N) is 3. The van der Waals surface area contributed by atoms with E-state index in [-0.39, 0.29) is 29.8 Å². The van der Waals surface area contributed by atoms with Gasteiger partial charge in [0, 0.05) is 17.3 Å². The van der Waals surface area contributed by atoms with Gasteiger partial charge in [-0.3, -0.25) is 9.59 Å². The summed E-state index contributed by atoms with van der Waals surface area (Å²) in [4.78, 5) is 38.8. The second kappa shape index (κ2) is 7.53. The maximum atomic E-state index is 12.7. The smallest absolute Gasteiger partial charge is 0.319 e. The Bertz CT molecular complexity index is 726. The molecular weight excluding hydrogens is 356 g/mol. The second-order valence-electron chi connectivity index (χ2n) is 6.92. The maximum absolute atomic E-state index is 12.7. The Labute approximate surface area is 157 Å². The number of nitrogens with zero attached hydrogens (tertiary/aromatic N) is 1. The summed E-state index contributed by atoms with van der Waals surface area (Å²) < 4.78 is 0. The predicted octanol–water partition coefficient (Wildman–Crippen LogP) is 1.98. The molecule has 0 spiro atoms. The van der Waals surface area contributed by atoms with Gasteiger partial charge in [-0.1, -0.05) is 37.9 Å². The number of urea groups is 1. The molecule has 0 saturated carbocycles. The summed E-state index contributed by atoms with van der Waals surface area (Å²) in [6.07, 6.45) is 1.21. The normalized spacial score (nSPS) is 26.1. The summed E-state index contributed by atoms with van der Waals surface area (Å²) in [5, 5.41) is 8.91. The Morgan fingerprint density at radius 1 is 1.42 bits per heavy atom. The van der Waals surface area contributed by atoms with Gasteiger partial charge in [0.05, 0.1) is 6.04 Å². The zero-order chi connectivity index (χ0) is 18.8. The van der Waals surface area contributed by atoms with Crippen molar-refractivity contribution in [1.82, 2.24) is 15.5 Å². The van der Waals surface area contributed by atoms with Gasteiger partial charge >= 0.3 is 6.03 Å². The first-order chi connectivity index (χ1) is 12.4. The monoisotopic (exact) mass is 378 g/mol. The predicted molar refractivity (Wildman–Crippen MR) is 98.9 cm³/mol. The van der Waals surface area contributed by atoms with Crippen LogP contribution in [0.15, 0.2) is 24.3 Å². The number of carbonyl (C=O) groups excluding carboxylic acids is 3. The SMILES string of the molecule is CC[C@H](C)[C@@H]1NC(=O)[C@@H]2C[C@H](NC(=O)Nc3cccc(Cl)c3)CN2C1=O. The first-order valence-electron chi connectivity index (χ1n) is 8.83. The van der Waals surface area contributed by atoms with Crippen LogP contribution < -0.4 is 16.0 Å². The largest absolute Gasteiger partial charge is 0.342 e. The Hall–Kier alpha value is -2.28. The summed E-state index contributed by atoms with van der Waals surface area (Å²) in [7, 11) is 0. The van der Waals surface area contributed by atoms with Crippen molar-refractivity contribution in [1.29, 1.82) is 0 Å². The van der Waals surface area contributed by atoms with Crippen LogP contribution in [0.3, 0.4) is 0 Å². The molecule has 2 saturated heterocycles. The molecule has 8 heteroatoms. The lowest BCUT2D eigenvalue weighted by molar-refractivity contribution is -0.148. The number of fused-ring (bicyclic) bond motifs is 1. The molecule has 26 heavy (non-hydrogen) atoms. The average Bonchev–Trinajstić information content (AvgIpc) is 3.02. The van der Waals surface area contributed by atoms with E-state index in [0.29, 0.717) is 23.7 Å². The highest BCUT2D eigenvalue weighted by molar-refractivity contribution is 6.30. The standard InChI is InChI=1S/C18H23ClN4O3/c1-3-10(2)15-17(25)23-9-13(8-14(23)16(24)22-15)21-18(26)20-12-6-4-5-11(19)7-12/h4-7,10,13-15H,3,8-9H2,1-2H3,(H,22,24)(H2,20,21,26)/t10-,13-,14-,15-/m0/s1. The first kappa shape index (κ1) is 18.5. The summed E-state index contributed by atoms with van der Waals surface area (Å²) in [6, 6.07) is 5.18. The highest BCUT2D eigenvalue weighted by Gasteiger charge is 2.47. The van der Waals surface area contributed by atoms with Crippen molar-refractivity contribution in [3.8, 4) is 0 Å². The minimum Gasteiger partial charge on any atom is -0.342 e. The number of halogens is 1. The molecule has 0 aromatic heterocycles. The topological polar surface area (TPSA) is 90.5 Å². The van der Waals surface area contributed by atoms with Crippen LogP contribution in [0.2, 0.25) is 5.02 Å². The van der Waals surface area contributed by atoms with Crippen LogP contribution in [0.4, 0.5) is 10.5 Å². The van der Waals surface area contributed by atoms with E-state index in [4.69, 9.17) is 11.6 Å². The van der Waals surface area contributed by atoms with Crippen molar-refractivity contribution in [3.05, 3.63) is 29.3 Å². The zero-order valence-electron chi connectivity index (χ0n) is 14.8. The fourth-order valence-electron chi connectivity index (χ4n) is 3.46. The molecule has 0 unspecified atom stereocenters. The molecule has 4 amide bonds. The number of amides is 4.